The van der Waals surface area contributed by atoms with Crippen LogP contribution in [0.2, 0.25) is 0 Å². The zero-order valence-electron chi connectivity index (χ0n) is 12.6. The Bertz CT molecular complexity index is 449. The molecule has 1 aliphatic rings. The Kier molecular flexibility index (Phi) is 7.56. The van der Waals surface area contributed by atoms with Gasteiger partial charge in [-0.1, -0.05) is 13.8 Å². The Morgan fingerprint density at radius 3 is 2.81 bits per heavy atom. The van der Waals surface area contributed by atoms with E-state index in [2.05, 4.69) is 25.5 Å². The molecule has 2 heterocycles. The first-order valence-electron chi connectivity index (χ1n) is 7.19. The Balaban J connectivity index is 0.00000220. The van der Waals surface area contributed by atoms with Crippen molar-refractivity contribution in [3.8, 4) is 0 Å². The number of carbonyl (C=O) groups is 1. The lowest BCUT2D eigenvalue weighted by atomic mass is 10.0. The zero-order chi connectivity index (χ0) is 14.4. The SMILES string of the molecule is CC(C)c1ncncc1C(=O)NCCN1CCNCC1.Cl. The van der Waals surface area contributed by atoms with Crippen LogP contribution in [0.5, 0.6) is 0 Å². The minimum absolute atomic E-state index is 0. The van der Waals surface area contributed by atoms with Crippen molar-refractivity contribution < 1.29 is 4.79 Å². The molecule has 2 rings (SSSR count). The number of hydrogen-bond acceptors (Lipinski definition) is 5. The van der Waals surface area contributed by atoms with Crippen molar-refractivity contribution in [2.24, 2.45) is 0 Å². The van der Waals surface area contributed by atoms with Crippen LogP contribution in [-0.2, 0) is 0 Å². The van der Waals surface area contributed by atoms with E-state index in [0.29, 0.717) is 12.1 Å². The zero-order valence-corrected chi connectivity index (χ0v) is 13.4. The van der Waals surface area contributed by atoms with Gasteiger partial charge in [0.1, 0.15) is 6.33 Å². The molecule has 0 aromatic carbocycles. The standard InChI is InChI=1S/C14H23N5O.ClH/c1-11(2)13-12(9-16-10-18-13)14(20)17-5-8-19-6-3-15-4-7-19;/h9-11,15H,3-8H2,1-2H3,(H,17,20);1H. The molecule has 1 aromatic rings. The summed E-state index contributed by atoms with van der Waals surface area (Å²) >= 11 is 0. The van der Waals surface area contributed by atoms with Crippen LogP contribution in [-0.4, -0.2) is 60.0 Å². The second-order valence-electron chi connectivity index (χ2n) is 5.32. The second kappa shape index (κ2) is 8.92. The number of carbonyl (C=O) groups excluding carboxylic acids is 1. The second-order valence-corrected chi connectivity index (χ2v) is 5.32. The lowest BCUT2D eigenvalue weighted by Crippen LogP contribution is -2.46. The summed E-state index contributed by atoms with van der Waals surface area (Å²) in [7, 11) is 0. The number of amides is 1. The van der Waals surface area contributed by atoms with E-state index in [1.165, 1.54) is 6.33 Å². The molecular formula is C14H24ClN5O. The molecular weight excluding hydrogens is 290 g/mol. The number of rotatable bonds is 5. The minimum atomic E-state index is -0.0792. The van der Waals surface area contributed by atoms with Gasteiger partial charge < -0.3 is 10.6 Å². The highest BCUT2D eigenvalue weighted by molar-refractivity contribution is 5.95. The first-order chi connectivity index (χ1) is 9.68. The van der Waals surface area contributed by atoms with Gasteiger partial charge in [0, 0.05) is 45.5 Å². The minimum Gasteiger partial charge on any atom is -0.351 e. The van der Waals surface area contributed by atoms with Crippen molar-refractivity contribution in [1.29, 1.82) is 0 Å². The molecule has 0 saturated carbocycles. The normalized spacial score (nSPS) is 15.6. The van der Waals surface area contributed by atoms with E-state index in [1.54, 1.807) is 6.20 Å². The lowest BCUT2D eigenvalue weighted by molar-refractivity contribution is 0.0945. The molecule has 6 nitrogen and oxygen atoms in total. The lowest BCUT2D eigenvalue weighted by Gasteiger charge is -2.27. The van der Waals surface area contributed by atoms with Crippen molar-refractivity contribution in [2.75, 3.05) is 39.3 Å². The van der Waals surface area contributed by atoms with Crippen molar-refractivity contribution in [3.63, 3.8) is 0 Å². The van der Waals surface area contributed by atoms with Crippen LogP contribution in [0.25, 0.3) is 0 Å². The van der Waals surface area contributed by atoms with Crippen LogP contribution in [0.15, 0.2) is 12.5 Å². The molecule has 0 spiro atoms. The quantitative estimate of drug-likeness (QED) is 0.835. The Morgan fingerprint density at radius 1 is 1.43 bits per heavy atom. The van der Waals surface area contributed by atoms with Crippen LogP contribution >= 0.6 is 12.4 Å². The van der Waals surface area contributed by atoms with Gasteiger partial charge in [-0.15, -0.1) is 12.4 Å². The Hall–Kier alpha value is -1.24. The summed E-state index contributed by atoms with van der Waals surface area (Å²) in [6.45, 7) is 9.74. The highest BCUT2D eigenvalue weighted by atomic mass is 35.5. The van der Waals surface area contributed by atoms with E-state index in [4.69, 9.17) is 0 Å². The molecule has 1 fully saturated rings. The fourth-order valence-electron chi connectivity index (χ4n) is 2.33. The van der Waals surface area contributed by atoms with Gasteiger partial charge in [-0.2, -0.15) is 0 Å². The van der Waals surface area contributed by atoms with Crippen LogP contribution < -0.4 is 10.6 Å². The summed E-state index contributed by atoms with van der Waals surface area (Å²) in [6, 6.07) is 0. The summed E-state index contributed by atoms with van der Waals surface area (Å²) in [5, 5.41) is 6.27. The highest BCUT2D eigenvalue weighted by Crippen LogP contribution is 2.15. The summed E-state index contributed by atoms with van der Waals surface area (Å²) in [6.07, 6.45) is 3.09. The topological polar surface area (TPSA) is 70.2 Å². The average molecular weight is 314 g/mol. The molecule has 1 aromatic heterocycles. The van der Waals surface area contributed by atoms with Gasteiger partial charge in [0.05, 0.1) is 11.3 Å². The van der Waals surface area contributed by atoms with E-state index in [-0.39, 0.29) is 24.2 Å². The summed E-state index contributed by atoms with van der Waals surface area (Å²) in [5.41, 5.74) is 1.39. The Morgan fingerprint density at radius 2 is 2.14 bits per heavy atom. The fraction of sp³-hybridized carbons (Fsp3) is 0.643. The molecule has 1 saturated heterocycles. The van der Waals surface area contributed by atoms with Crippen LogP contribution in [0.1, 0.15) is 35.8 Å². The van der Waals surface area contributed by atoms with Gasteiger partial charge in [-0.3, -0.25) is 9.69 Å². The number of aromatic nitrogens is 2. The molecule has 0 unspecified atom stereocenters. The van der Waals surface area contributed by atoms with Crippen molar-refractivity contribution in [2.45, 2.75) is 19.8 Å². The molecule has 0 atom stereocenters. The molecule has 0 radical (unpaired) electrons. The maximum atomic E-state index is 12.2. The number of nitrogens with one attached hydrogen (secondary N) is 2. The van der Waals surface area contributed by atoms with Gasteiger partial charge in [0.15, 0.2) is 0 Å². The molecule has 21 heavy (non-hydrogen) atoms. The molecule has 1 aliphatic heterocycles. The molecule has 0 bridgehead atoms. The van der Waals surface area contributed by atoms with Crippen LogP contribution in [0.3, 0.4) is 0 Å². The van der Waals surface area contributed by atoms with Crippen molar-refractivity contribution >= 4 is 18.3 Å². The van der Waals surface area contributed by atoms with Gasteiger partial charge in [0.2, 0.25) is 0 Å². The van der Waals surface area contributed by atoms with E-state index < -0.39 is 0 Å². The summed E-state index contributed by atoms with van der Waals surface area (Å²) in [4.78, 5) is 22.7. The monoisotopic (exact) mass is 313 g/mol. The number of nitrogens with zero attached hydrogens (tertiary/aromatic N) is 3. The predicted octanol–water partition coefficient (Wildman–Crippen LogP) is 0.657. The van der Waals surface area contributed by atoms with E-state index >= 15 is 0 Å². The third kappa shape index (κ3) is 5.22. The van der Waals surface area contributed by atoms with E-state index in [0.717, 1.165) is 38.4 Å². The average Bonchev–Trinajstić information content (AvgIpc) is 2.48. The Labute approximate surface area is 132 Å². The third-order valence-corrected chi connectivity index (χ3v) is 3.46. The van der Waals surface area contributed by atoms with Gasteiger partial charge in [-0.05, 0) is 5.92 Å². The first kappa shape index (κ1) is 17.8. The summed E-state index contributed by atoms with van der Waals surface area (Å²) in [5.74, 6) is 0.136. The predicted molar refractivity (Wildman–Crippen MR) is 85.0 cm³/mol. The van der Waals surface area contributed by atoms with Crippen LogP contribution in [0.4, 0.5) is 0 Å². The van der Waals surface area contributed by atoms with Crippen LogP contribution in [0, 0.1) is 0 Å². The highest BCUT2D eigenvalue weighted by Gasteiger charge is 2.15. The molecule has 118 valence electrons. The fourth-order valence-corrected chi connectivity index (χ4v) is 2.33. The van der Waals surface area contributed by atoms with Gasteiger partial charge in [-0.25, -0.2) is 9.97 Å². The maximum absolute atomic E-state index is 12.2. The third-order valence-electron chi connectivity index (χ3n) is 3.46. The molecule has 2 N–H and O–H groups in total. The smallest absolute Gasteiger partial charge is 0.254 e. The van der Waals surface area contributed by atoms with E-state index in [1.807, 2.05) is 13.8 Å². The maximum Gasteiger partial charge on any atom is 0.254 e. The number of halogens is 1. The molecule has 1 amide bonds. The molecule has 7 heteroatoms. The van der Waals surface area contributed by atoms with Crippen molar-refractivity contribution in [3.05, 3.63) is 23.8 Å². The van der Waals surface area contributed by atoms with E-state index in [9.17, 15) is 4.79 Å². The number of hydrogen-bond donors (Lipinski definition) is 2. The number of piperazine rings is 1. The largest absolute Gasteiger partial charge is 0.351 e. The van der Waals surface area contributed by atoms with Gasteiger partial charge in [0.25, 0.3) is 5.91 Å². The first-order valence-corrected chi connectivity index (χ1v) is 7.19. The summed E-state index contributed by atoms with van der Waals surface area (Å²) < 4.78 is 0. The van der Waals surface area contributed by atoms with Crippen molar-refractivity contribution in [1.82, 2.24) is 25.5 Å². The molecule has 0 aliphatic carbocycles. The van der Waals surface area contributed by atoms with Gasteiger partial charge >= 0.3 is 0 Å².